The summed E-state index contributed by atoms with van der Waals surface area (Å²) < 4.78 is 68.4. The Hall–Kier alpha value is -2.98. The van der Waals surface area contributed by atoms with Gasteiger partial charge in [-0.05, 0) is 83.5 Å². The fourth-order valence-electron chi connectivity index (χ4n) is 10.5. The van der Waals surface area contributed by atoms with Crippen LogP contribution in [0.4, 0.5) is 0 Å². The minimum absolute atomic E-state index is 0.0984. The number of rotatable bonds is 72. The van der Waals surface area contributed by atoms with Crippen molar-refractivity contribution in [3.05, 3.63) is 48.6 Å². The van der Waals surface area contributed by atoms with E-state index in [9.17, 15) is 43.2 Å². The molecule has 0 aliphatic heterocycles. The number of carbonyl (C=O) groups excluding carboxylic acids is 4. The summed E-state index contributed by atoms with van der Waals surface area (Å²) in [7, 11) is -9.93. The first-order valence-electron chi connectivity index (χ1n) is 37.9. The highest BCUT2D eigenvalue weighted by atomic mass is 31.2. The van der Waals surface area contributed by atoms with Crippen LogP contribution in [0.1, 0.15) is 349 Å². The minimum atomic E-state index is -4.97. The molecule has 0 aromatic carbocycles. The van der Waals surface area contributed by atoms with E-state index in [1.165, 1.54) is 122 Å². The van der Waals surface area contributed by atoms with Crippen molar-refractivity contribution in [3.63, 3.8) is 0 Å². The molecule has 0 heterocycles. The van der Waals surface area contributed by atoms with Crippen LogP contribution in [0.3, 0.4) is 0 Å². The summed E-state index contributed by atoms with van der Waals surface area (Å²) in [4.78, 5) is 72.7. The predicted octanol–water partition coefficient (Wildman–Crippen LogP) is 21.3. The third-order valence-electron chi connectivity index (χ3n) is 16.3. The fourth-order valence-corrected chi connectivity index (χ4v) is 12.0. The molecular weight excluding hydrogens is 1230 g/mol. The van der Waals surface area contributed by atoms with Gasteiger partial charge < -0.3 is 33.8 Å². The third kappa shape index (κ3) is 67.6. The maximum Gasteiger partial charge on any atom is 0.472 e. The van der Waals surface area contributed by atoms with Gasteiger partial charge in [-0.1, -0.05) is 288 Å². The summed E-state index contributed by atoms with van der Waals surface area (Å²) in [6, 6.07) is 0. The average molecular weight is 1370 g/mol. The molecule has 0 rings (SSSR count). The zero-order valence-corrected chi connectivity index (χ0v) is 61.7. The molecule has 0 radical (unpaired) electrons. The van der Waals surface area contributed by atoms with E-state index in [0.29, 0.717) is 25.7 Å². The molecule has 0 aromatic rings. The molecule has 17 nitrogen and oxygen atoms in total. The van der Waals surface area contributed by atoms with Gasteiger partial charge in [0.2, 0.25) is 0 Å². The molecule has 0 aromatic heterocycles. The lowest BCUT2D eigenvalue weighted by molar-refractivity contribution is -0.161. The Morgan fingerprint density at radius 1 is 0.298 bits per heavy atom. The largest absolute Gasteiger partial charge is 0.472 e. The summed E-state index contributed by atoms with van der Waals surface area (Å²) in [5.74, 6) is -2.17. The molecule has 19 heteroatoms. The zero-order chi connectivity index (χ0) is 69.0. The third-order valence-corrected chi connectivity index (χ3v) is 18.2. The second kappa shape index (κ2) is 68.5. The van der Waals surface area contributed by atoms with Crippen molar-refractivity contribution in [2.75, 3.05) is 39.6 Å². The second-order valence-corrected chi connectivity index (χ2v) is 28.5. The molecule has 0 aliphatic carbocycles. The van der Waals surface area contributed by atoms with E-state index < -0.39 is 97.5 Å². The van der Waals surface area contributed by atoms with Crippen molar-refractivity contribution in [3.8, 4) is 0 Å². The van der Waals surface area contributed by atoms with Gasteiger partial charge in [0.25, 0.3) is 0 Å². The van der Waals surface area contributed by atoms with Gasteiger partial charge in [-0.3, -0.25) is 37.3 Å². The molecule has 94 heavy (non-hydrogen) atoms. The highest BCUT2D eigenvalue weighted by Gasteiger charge is 2.30. The maximum absolute atomic E-state index is 13.1. The predicted molar refractivity (Wildman–Crippen MR) is 381 cm³/mol. The van der Waals surface area contributed by atoms with Gasteiger partial charge in [-0.15, -0.1) is 0 Å². The molecule has 5 atom stereocenters. The Morgan fingerprint density at radius 2 is 0.543 bits per heavy atom. The quantitative estimate of drug-likeness (QED) is 0.0169. The van der Waals surface area contributed by atoms with Crippen LogP contribution in [0.2, 0.25) is 0 Å². The van der Waals surface area contributed by atoms with Crippen LogP contribution in [0.25, 0.3) is 0 Å². The molecule has 0 saturated carbocycles. The van der Waals surface area contributed by atoms with Crippen LogP contribution in [-0.2, 0) is 65.4 Å². The van der Waals surface area contributed by atoms with Crippen LogP contribution >= 0.6 is 15.6 Å². The summed E-state index contributed by atoms with van der Waals surface area (Å²) in [5.41, 5.74) is 0. The van der Waals surface area contributed by atoms with Crippen LogP contribution in [-0.4, -0.2) is 96.7 Å². The Morgan fingerprint density at radius 3 is 0.851 bits per heavy atom. The van der Waals surface area contributed by atoms with Gasteiger partial charge in [-0.25, -0.2) is 9.13 Å². The molecule has 0 saturated heterocycles. The fraction of sp³-hybridized carbons (Fsp3) is 0.840. The standard InChI is InChI=1S/C75H138O17P2/c1-5-9-13-17-21-25-29-32-34-37-41-44-48-52-56-60-73(78)86-66-71(92-75(80)62-58-54-50-46-42-38-35-33-30-26-22-18-14-10-6-2)68-90-94(83,84)88-64-69(76)63-87-93(81,82)89-67-70(91-74(79)61-57-53-49-45-39-28-24-20-16-12-8-4)65-85-72(77)59-55-51-47-43-40-36-31-27-23-19-15-11-7-3/h15,19,21,25,27,31-32,34,69-71,76H,5-14,16-18,20,22-24,26,28-30,33,35-68H2,1-4H3,(H,81,82)(H,83,84)/b19-15-,25-21-,31-27-,34-32-. The Kier molecular flexibility index (Phi) is 66.4. The van der Waals surface area contributed by atoms with Crippen LogP contribution in [0, 0.1) is 0 Å². The van der Waals surface area contributed by atoms with Crippen LogP contribution in [0.15, 0.2) is 48.6 Å². The van der Waals surface area contributed by atoms with E-state index in [2.05, 4.69) is 76.3 Å². The number of hydrogen-bond donors (Lipinski definition) is 3. The van der Waals surface area contributed by atoms with Gasteiger partial charge >= 0.3 is 39.5 Å². The van der Waals surface area contributed by atoms with Crippen molar-refractivity contribution in [1.29, 1.82) is 0 Å². The maximum atomic E-state index is 13.1. The number of hydrogen-bond acceptors (Lipinski definition) is 15. The molecule has 5 unspecified atom stereocenters. The summed E-state index contributed by atoms with van der Waals surface area (Å²) in [6.07, 6.45) is 63.9. The van der Waals surface area contributed by atoms with Gasteiger partial charge in [0.15, 0.2) is 12.2 Å². The summed E-state index contributed by atoms with van der Waals surface area (Å²) in [6.45, 7) is 4.80. The summed E-state index contributed by atoms with van der Waals surface area (Å²) >= 11 is 0. The van der Waals surface area contributed by atoms with Crippen molar-refractivity contribution < 1.29 is 80.2 Å². The van der Waals surface area contributed by atoms with Crippen molar-refractivity contribution in [1.82, 2.24) is 0 Å². The molecule has 3 N–H and O–H groups in total. The zero-order valence-electron chi connectivity index (χ0n) is 59.9. The van der Waals surface area contributed by atoms with E-state index in [4.69, 9.17) is 37.0 Å². The Labute approximate surface area is 572 Å². The van der Waals surface area contributed by atoms with Gasteiger partial charge in [0.1, 0.15) is 19.3 Å². The van der Waals surface area contributed by atoms with Gasteiger partial charge in [0.05, 0.1) is 26.4 Å². The first kappa shape index (κ1) is 91.0. The van der Waals surface area contributed by atoms with Crippen LogP contribution < -0.4 is 0 Å². The number of esters is 4. The Balaban J connectivity index is 5.30. The number of aliphatic hydroxyl groups excluding tert-OH is 1. The average Bonchev–Trinajstić information content (AvgIpc) is 1.22. The molecule has 0 spiro atoms. The SMILES string of the molecule is CCC/C=C\C/C=C\CCCCCCCC(=O)OCC(COP(=O)(O)OCC(O)COP(=O)(O)OCC(COC(=O)CCCCCCC/C=C\C/C=C\CCCCC)OC(=O)CCCCCCCCCCCCCCCCC)OC(=O)CCCCCCCCCCCCC. The molecular formula is C75H138O17P2. The molecule has 0 fully saturated rings. The van der Waals surface area contributed by atoms with E-state index in [1.54, 1.807) is 0 Å². The molecule has 0 aliphatic rings. The number of carbonyl (C=O) groups is 4. The van der Waals surface area contributed by atoms with E-state index >= 15 is 0 Å². The summed E-state index contributed by atoms with van der Waals surface area (Å²) in [5, 5.41) is 10.6. The lowest BCUT2D eigenvalue weighted by Gasteiger charge is -2.21. The lowest BCUT2D eigenvalue weighted by atomic mass is 10.0. The molecule has 550 valence electrons. The monoisotopic (exact) mass is 1370 g/mol. The van der Waals surface area contributed by atoms with Gasteiger partial charge in [-0.2, -0.15) is 0 Å². The topological polar surface area (TPSA) is 237 Å². The van der Waals surface area contributed by atoms with Gasteiger partial charge in [0, 0.05) is 25.7 Å². The number of aliphatic hydroxyl groups is 1. The normalized spacial score (nSPS) is 14.2. The van der Waals surface area contributed by atoms with E-state index in [-0.39, 0.29) is 25.7 Å². The van der Waals surface area contributed by atoms with Crippen molar-refractivity contribution in [2.45, 2.75) is 367 Å². The number of unbranched alkanes of at least 4 members (excludes halogenated alkanes) is 38. The minimum Gasteiger partial charge on any atom is -0.462 e. The highest BCUT2D eigenvalue weighted by Crippen LogP contribution is 2.45. The first-order chi connectivity index (χ1) is 45.7. The van der Waals surface area contributed by atoms with Crippen molar-refractivity contribution in [2.24, 2.45) is 0 Å². The van der Waals surface area contributed by atoms with Crippen LogP contribution in [0.5, 0.6) is 0 Å². The van der Waals surface area contributed by atoms with E-state index in [0.717, 1.165) is 148 Å². The first-order valence-corrected chi connectivity index (χ1v) is 40.9. The highest BCUT2D eigenvalue weighted by molar-refractivity contribution is 7.47. The van der Waals surface area contributed by atoms with Crippen molar-refractivity contribution >= 4 is 39.5 Å². The lowest BCUT2D eigenvalue weighted by Crippen LogP contribution is -2.30. The number of phosphoric ester groups is 2. The number of phosphoric acid groups is 2. The second-order valence-electron chi connectivity index (χ2n) is 25.6. The smallest absolute Gasteiger partial charge is 0.462 e. The molecule has 0 amide bonds. The van der Waals surface area contributed by atoms with E-state index in [1.807, 2.05) is 0 Å². The number of ether oxygens (including phenoxy) is 4. The molecule has 0 bridgehead atoms. The Bertz CT molecular complexity index is 1980. The number of allylic oxidation sites excluding steroid dienone is 8.